The Hall–Kier alpha value is -3.55. The lowest BCUT2D eigenvalue weighted by molar-refractivity contribution is -0.0347. The third-order valence-corrected chi connectivity index (χ3v) is 9.96. The van der Waals surface area contributed by atoms with Crippen LogP contribution in [0.3, 0.4) is 0 Å². The third-order valence-electron chi connectivity index (χ3n) is 9.96. The number of anilines is 1. The number of nitrogens with one attached hydrogen (secondary N) is 1. The molecule has 13 heteroatoms. The van der Waals surface area contributed by atoms with Crippen LogP contribution in [0.4, 0.5) is 15.0 Å². The standard InChI is InChI=1S/C36H51FN6O6/c1-24(2)43(27-10-15-46-20-27)33(44)29-16-25(37)6-9-30(29)48-31-17-38-23-39-32(31)42-21-36(22-42)11-13-41(14-12-36)18-28-8-7-26(19-47-28)40-34(45)49-35(3,4)5/h6,9,16-17,23-24,26-28H,7-8,10-15,18-22H2,1-5H3,(H,40,45)/t26-,27-,28+/m1/s1. The van der Waals surface area contributed by atoms with Gasteiger partial charge in [-0.15, -0.1) is 0 Å². The normalized spacial score (nSPS) is 24.1. The molecular weight excluding hydrogens is 631 g/mol. The number of halogens is 1. The molecule has 1 N–H and O–H groups in total. The van der Waals surface area contributed by atoms with Gasteiger partial charge in [0.2, 0.25) is 0 Å². The lowest BCUT2D eigenvalue weighted by Crippen LogP contribution is -2.61. The van der Waals surface area contributed by atoms with Crippen LogP contribution in [-0.2, 0) is 14.2 Å². The number of ether oxygens (including phenoxy) is 4. The summed E-state index contributed by atoms with van der Waals surface area (Å²) in [6.45, 7) is 15.6. The van der Waals surface area contributed by atoms with Crippen molar-refractivity contribution in [2.75, 3.05) is 57.4 Å². The van der Waals surface area contributed by atoms with Crippen LogP contribution < -0.4 is 15.0 Å². The number of rotatable bonds is 9. The Morgan fingerprint density at radius 1 is 1.12 bits per heavy atom. The van der Waals surface area contributed by atoms with E-state index in [1.807, 2.05) is 34.6 Å². The van der Waals surface area contributed by atoms with Crippen molar-refractivity contribution in [2.24, 2.45) is 5.41 Å². The fourth-order valence-electron chi connectivity index (χ4n) is 7.46. The number of amides is 2. The van der Waals surface area contributed by atoms with Gasteiger partial charge in [-0.2, -0.15) is 0 Å². The Kier molecular flexibility index (Phi) is 10.6. The number of likely N-dealkylation sites (tertiary alicyclic amines) is 1. The summed E-state index contributed by atoms with van der Waals surface area (Å²) in [5.74, 6) is 0.582. The zero-order chi connectivity index (χ0) is 34.8. The van der Waals surface area contributed by atoms with E-state index in [2.05, 4.69) is 25.1 Å². The van der Waals surface area contributed by atoms with E-state index in [4.69, 9.17) is 18.9 Å². The summed E-state index contributed by atoms with van der Waals surface area (Å²) in [6.07, 6.45) is 7.55. The number of hydrogen-bond donors (Lipinski definition) is 1. The molecule has 268 valence electrons. The number of carbonyl (C=O) groups excluding carboxylic acids is 2. The van der Waals surface area contributed by atoms with Crippen LogP contribution >= 0.6 is 0 Å². The third kappa shape index (κ3) is 8.61. The maximum Gasteiger partial charge on any atom is 0.407 e. The van der Waals surface area contributed by atoms with Gasteiger partial charge in [0.1, 0.15) is 23.5 Å². The van der Waals surface area contributed by atoms with Gasteiger partial charge in [0.25, 0.3) is 5.91 Å². The molecule has 4 aliphatic rings. The molecule has 0 bridgehead atoms. The lowest BCUT2D eigenvalue weighted by atomic mass is 9.72. The quantitative estimate of drug-likeness (QED) is 0.386. The summed E-state index contributed by atoms with van der Waals surface area (Å²) in [6, 6.07) is 3.87. The van der Waals surface area contributed by atoms with Crippen LogP contribution in [0, 0.1) is 11.2 Å². The molecule has 1 aromatic carbocycles. The van der Waals surface area contributed by atoms with E-state index < -0.39 is 17.5 Å². The molecule has 0 radical (unpaired) electrons. The van der Waals surface area contributed by atoms with Crippen molar-refractivity contribution in [1.82, 2.24) is 25.1 Å². The second-order valence-electron chi connectivity index (χ2n) is 15.3. The molecule has 4 saturated heterocycles. The van der Waals surface area contributed by atoms with Crippen molar-refractivity contribution in [1.29, 1.82) is 0 Å². The Morgan fingerprint density at radius 3 is 2.55 bits per heavy atom. The van der Waals surface area contributed by atoms with Gasteiger partial charge in [-0.25, -0.2) is 19.2 Å². The fourth-order valence-corrected chi connectivity index (χ4v) is 7.46. The second kappa shape index (κ2) is 14.7. The molecule has 1 spiro atoms. The minimum Gasteiger partial charge on any atom is -0.451 e. The largest absolute Gasteiger partial charge is 0.451 e. The molecule has 0 aliphatic carbocycles. The van der Waals surface area contributed by atoms with Crippen LogP contribution in [0.5, 0.6) is 11.5 Å². The maximum absolute atomic E-state index is 14.5. The lowest BCUT2D eigenvalue weighted by Gasteiger charge is -2.54. The molecule has 0 unspecified atom stereocenters. The van der Waals surface area contributed by atoms with Crippen LogP contribution in [0.25, 0.3) is 0 Å². The summed E-state index contributed by atoms with van der Waals surface area (Å²) in [5, 5.41) is 2.93. The maximum atomic E-state index is 14.5. The number of benzene rings is 1. The first-order valence-electron chi connectivity index (χ1n) is 17.6. The Morgan fingerprint density at radius 2 is 1.90 bits per heavy atom. The summed E-state index contributed by atoms with van der Waals surface area (Å²) < 4.78 is 37.9. The molecule has 2 aromatic rings. The average Bonchev–Trinajstić information content (AvgIpc) is 3.56. The summed E-state index contributed by atoms with van der Waals surface area (Å²) in [5.41, 5.74) is -0.154. The number of nitrogens with zero attached hydrogens (tertiary/aromatic N) is 5. The van der Waals surface area contributed by atoms with Crippen molar-refractivity contribution < 1.29 is 32.9 Å². The number of aromatic nitrogens is 2. The smallest absolute Gasteiger partial charge is 0.407 e. The number of piperidine rings is 1. The average molecular weight is 683 g/mol. The Bertz CT molecular complexity index is 1460. The molecule has 1 aromatic heterocycles. The topological polar surface area (TPSA) is 119 Å². The molecule has 2 amide bonds. The van der Waals surface area contributed by atoms with Gasteiger partial charge in [-0.3, -0.25) is 4.79 Å². The highest BCUT2D eigenvalue weighted by atomic mass is 19.1. The van der Waals surface area contributed by atoms with Gasteiger partial charge in [0.05, 0.1) is 43.2 Å². The Labute approximate surface area is 288 Å². The highest BCUT2D eigenvalue weighted by Gasteiger charge is 2.46. The van der Waals surface area contributed by atoms with E-state index in [1.54, 1.807) is 11.1 Å². The van der Waals surface area contributed by atoms with Crippen LogP contribution in [0.2, 0.25) is 0 Å². The van der Waals surface area contributed by atoms with Crippen LogP contribution in [0.1, 0.15) is 77.1 Å². The van der Waals surface area contributed by atoms with Crippen LogP contribution in [-0.4, -0.2) is 114 Å². The van der Waals surface area contributed by atoms with Gasteiger partial charge >= 0.3 is 6.09 Å². The minimum atomic E-state index is -0.521. The monoisotopic (exact) mass is 682 g/mol. The van der Waals surface area contributed by atoms with Crippen molar-refractivity contribution in [3.05, 3.63) is 42.1 Å². The van der Waals surface area contributed by atoms with E-state index in [1.165, 1.54) is 24.5 Å². The molecule has 4 aliphatic heterocycles. The van der Waals surface area contributed by atoms with Crippen molar-refractivity contribution in [3.8, 4) is 11.5 Å². The van der Waals surface area contributed by atoms with Gasteiger partial charge in [0.15, 0.2) is 11.6 Å². The van der Waals surface area contributed by atoms with E-state index in [0.29, 0.717) is 31.4 Å². The second-order valence-corrected chi connectivity index (χ2v) is 15.3. The van der Waals surface area contributed by atoms with E-state index in [-0.39, 0.29) is 46.9 Å². The minimum absolute atomic E-state index is 0.0238. The Balaban J connectivity index is 1.02. The van der Waals surface area contributed by atoms with E-state index in [0.717, 1.165) is 64.8 Å². The molecule has 49 heavy (non-hydrogen) atoms. The molecule has 6 rings (SSSR count). The van der Waals surface area contributed by atoms with Gasteiger partial charge in [0, 0.05) is 37.7 Å². The van der Waals surface area contributed by atoms with Gasteiger partial charge in [-0.1, -0.05) is 0 Å². The molecule has 12 nitrogen and oxygen atoms in total. The first-order valence-corrected chi connectivity index (χ1v) is 17.6. The van der Waals surface area contributed by atoms with Crippen LogP contribution in [0.15, 0.2) is 30.7 Å². The first-order chi connectivity index (χ1) is 23.4. The van der Waals surface area contributed by atoms with Crippen molar-refractivity contribution in [3.63, 3.8) is 0 Å². The highest BCUT2D eigenvalue weighted by Crippen LogP contribution is 2.45. The summed E-state index contributed by atoms with van der Waals surface area (Å²) in [7, 11) is 0. The highest BCUT2D eigenvalue weighted by molar-refractivity contribution is 5.97. The van der Waals surface area contributed by atoms with Gasteiger partial charge in [-0.05, 0) is 98.0 Å². The summed E-state index contributed by atoms with van der Waals surface area (Å²) >= 11 is 0. The fraction of sp³-hybridized carbons (Fsp3) is 0.667. The molecule has 0 saturated carbocycles. The zero-order valence-electron chi connectivity index (χ0n) is 29.5. The van der Waals surface area contributed by atoms with Crippen molar-refractivity contribution >= 4 is 17.8 Å². The number of alkyl carbamates (subject to hydrolysis) is 1. The summed E-state index contributed by atoms with van der Waals surface area (Å²) in [4.78, 5) is 41.2. The molecule has 4 fully saturated rings. The number of hydrogen-bond acceptors (Lipinski definition) is 10. The molecular formula is C36H51FN6O6. The van der Waals surface area contributed by atoms with Crippen molar-refractivity contribution in [2.45, 2.75) is 96.6 Å². The SMILES string of the molecule is CC(C)N(C(=O)c1cc(F)ccc1Oc1cncnc1N1CC2(CCN(C[C@@H]3CC[C@@H](NC(=O)OC(C)(C)C)CO3)CC2)C1)[C@@H]1CCOC1. The van der Waals surface area contributed by atoms with E-state index in [9.17, 15) is 14.0 Å². The predicted molar refractivity (Wildman–Crippen MR) is 181 cm³/mol. The van der Waals surface area contributed by atoms with Gasteiger partial charge < -0.3 is 39.0 Å². The molecule has 3 atom stereocenters. The zero-order valence-corrected chi connectivity index (χ0v) is 29.5. The number of carbonyl (C=O) groups is 2. The predicted octanol–water partition coefficient (Wildman–Crippen LogP) is 5.02. The first kappa shape index (κ1) is 35.3. The molecule has 5 heterocycles. The van der Waals surface area contributed by atoms with E-state index >= 15 is 0 Å².